The van der Waals surface area contributed by atoms with Gasteiger partial charge in [-0.05, 0) is 29.2 Å². The van der Waals surface area contributed by atoms with Crippen molar-refractivity contribution in [3.8, 4) is 0 Å². The van der Waals surface area contributed by atoms with Crippen molar-refractivity contribution in [1.29, 1.82) is 0 Å². The molecule has 0 heterocycles. The van der Waals surface area contributed by atoms with Gasteiger partial charge in [0.1, 0.15) is 0 Å². The number of carbonyl (C=O) groups is 1. The Hall–Kier alpha value is -1.83. The molecule has 1 N–H and O–H groups in total. The van der Waals surface area contributed by atoms with Gasteiger partial charge >= 0.3 is 5.97 Å². The third-order valence-electron chi connectivity index (χ3n) is 3.46. The van der Waals surface area contributed by atoms with Crippen LogP contribution in [0.25, 0.3) is 10.8 Å². The number of benzene rings is 2. The van der Waals surface area contributed by atoms with Crippen LogP contribution in [0, 0.1) is 0 Å². The molecule has 0 radical (unpaired) electrons. The smallest absolute Gasteiger partial charge is 0.314 e. The van der Waals surface area contributed by atoms with Crippen LogP contribution in [0.2, 0.25) is 0 Å². The molecule has 0 saturated heterocycles. The van der Waals surface area contributed by atoms with Gasteiger partial charge in [-0.2, -0.15) is 0 Å². The zero-order valence-electron chi connectivity index (χ0n) is 8.81. The molecule has 16 heavy (non-hydrogen) atoms. The van der Waals surface area contributed by atoms with Crippen LogP contribution in [-0.4, -0.2) is 11.1 Å². The Balaban J connectivity index is 2.16. The minimum Gasteiger partial charge on any atom is -0.481 e. The summed E-state index contributed by atoms with van der Waals surface area (Å²) in [6.45, 7) is 0. The minimum atomic E-state index is -0.692. The van der Waals surface area contributed by atoms with E-state index in [1.807, 2.05) is 42.5 Å². The van der Waals surface area contributed by atoms with E-state index in [4.69, 9.17) is 0 Å². The van der Waals surface area contributed by atoms with Gasteiger partial charge in [-0.3, -0.25) is 4.79 Å². The maximum Gasteiger partial charge on any atom is 0.314 e. The molecule has 1 aliphatic rings. The van der Waals surface area contributed by atoms with Crippen LogP contribution < -0.4 is 0 Å². The lowest BCUT2D eigenvalue weighted by Crippen LogP contribution is -2.19. The summed E-state index contributed by atoms with van der Waals surface area (Å²) < 4.78 is 0. The lowest BCUT2D eigenvalue weighted by Gasteiger charge is -2.10. The zero-order chi connectivity index (χ0) is 11.2. The first-order valence-electron chi connectivity index (χ1n) is 5.45. The molecule has 80 valence electrons. The second kappa shape index (κ2) is 3.08. The number of hydrogen-bond acceptors (Lipinski definition) is 1. The van der Waals surface area contributed by atoms with Gasteiger partial charge in [0.2, 0.25) is 0 Å². The first-order chi connectivity index (χ1) is 7.72. The Bertz CT molecular complexity index is 568. The largest absolute Gasteiger partial charge is 0.481 e. The molecule has 1 aliphatic carbocycles. The number of hydrogen-bond donors (Lipinski definition) is 1. The van der Waals surface area contributed by atoms with Crippen molar-refractivity contribution in [2.24, 2.45) is 0 Å². The SMILES string of the molecule is O=C(O)C1(c2ccc3ccccc3c2)CC1. The van der Waals surface area contributed by atoms with Crippen molar-refractivity contribution in [1.82, 2.24) is 0 Å². The summed E-state index contributed by atoms with van der Waals surface area (Å²) in [5.41, 5.74) is 0.350. The fourth-order valence-corrected chi connectivity index (χ4v) is 2.24. The Morgan fingerprint density at radius 1 is 1.06 bits per heavy atom. The second-order valence-corrected chi connectivity index (χ2v) is 4.45. The molecule has 2 aromatic rings. The highest BCUT2D eigenvalue weighted by Crippen LogP contribution is 2.48. The monoisotopic (exact) mass is 212 g/mol. The van der Waals surface area contributed by atoms with Gasteiger partial charge in [0.25, 0.3) is 0 Å². The number of rotatable bonds is 2. The topological polar surface area (TPSA) is 37.3 Å². The quantitative estimate of drug-likeness (QED) is 0.831. The van der Waals surface area contributed by atoms with Crippen LogP contribution >= 0.6 is 0 Å². The molecule has 1 fully saturated rings. The number of fused-ring (bicyclic) bond motifs is 1. The van der Waals surface area contributed by atoms with Crippen molar-refractivity contribution in [3.63, 3.8) is 0 Å². The summed E-state index contributed by atoms with van der Waals surface area (Å²) >= 11 is 0. The molecule has 2 heteroatoms. The van der Waals surface area contributed by atoms with E-state index in [2.05, 4.69) is 0 Å². The summed E-state index contributed by atoms with van der Waals surface area (Å²) in [5.74, 6) is -0.692. The molecule has 0 aliphatic heterocycles. The lowest BCUT2D eigenvalue weighted by molar-refractivity contribution is -0.140. The molecule has 0 atom stereocenters. The van der Waals surface area contributed by atoms with E-state index in [-0.39, 0.29) is 0 Å². The van der Waals surface area contributed by atoms with Crippen LogP contribution in [0.15, 0.2) is 42.5 Å². The standard InChI is InChI=1S/C14H12O2/c15-13(16)14(7-8-14)12-6-5-10-3-1-2-4-11(10)9-12/h1-6,9H,7-8H2,(H,15,16). The summed E-state index contributed by atoms with van der Waals surface area (Å²) in [6.07, 6.45) is 1.53. The van der Waals surface area contributed by atoms with Gasteiger partial charge in [-0.1, -0.05) is 42.5 Å². The van der Waals surface area contributed by atoms with E-state index in [1.165, 1.54) is 0 Å². The molecular formula is C14H12O2. The molecule has 0 bridgehead atoms. The summed E-state index contributed by atoms with van der Waals surface area (Å²) in [7, 11) is 0. The van der Waals surface area contributed by atoms with E-state index < -0.39 is 11.4 Å². The van der Waals surface area contributed by atoms with Gasteiger partial charge in [0.15, 0.2) is 0 Å². The van der Waals surface area contributed by atoms with Gasteiger partial charge in [-0.25, -0.2) is 0 Å². The van der Waals surface area contributed by atoms with Gasteiger partial charge in [0, 0.05) is 0 Å². The van der Waals surface area contributed by atoms with E-state index in [1.54, 1.807) is 0 Å². The van der Waals surface area contributed by atoms with Crippen molar-refractivity contribution >= 4 is 16.7 Å². The van der Waals surface area contributed by atoms with E-state index >= 15 is 0 Å². The number of aliphatic carboxylic acids is 1. The number of carboxylic acids is 1. The normalized spacial score (nSPS) is 17.2. The Morgan fingerprint density at radius 3 is 2.38 bits per heavy atom. The predicted octanol–water partition coefficient (Wildman–Crippen LogP) is 2.96. The molecule has 0 amide bonds. The van der Waals surface area contributed by atoms with Crippen molar-refractivity contribution in [2.75, 3.05) is 0 Å². The molecule has 3 rings (SSSR count). The first kappa shape index (κ1) is 9.40. The highest BCUT2D eigenvalue weighted by molar-refractivity contribution is 5.89. The molecule has 2 aromatic carbocycles. The van der Waals surface area contributed by atoms with E-state index in [0.29, 0.717) is 0 Å². The second-order valence-electron chi connectivity index (χ2n) is 4.45. The molecular weight excluding hydrogens is 200 g/mol. The van der Waals surface area contributed by atoms with Crippen molar-refractivity contribution in [2.45, 2.75) is 18.3 Å². The zero-order valence-corrected chi connectivity index (χ0v) is 8.81. The van der Waals surface area contributed by atoms with Crippen LogP contribution in [0.3, 0.4) is 0 Å². The molecule has 2 nitrogen and oxygen atoms in total. The highest BCUT2D eigenvalue weighted by atomic mass is 16.4. The maximum atomic E-state index is 11.2. The van der Waals surface area contributed by atoms with Crippen LogP contribution in [-0.2, 0) is 10.2 Å². The van der Waals surface area contributed by atoms with Crippen LogP contribution in [0.1, 0.15) is 18.4 Å². The minimum absolute atomic E-state index is 0.593. The third-order valence-corrected chi connectivity index (χ3v) is 3.46. The molecule has 0 unspecified atom stereocenters. The molecule has 0 aromatic heterocycles. The predicted molar refractivity (Wildman–Crippen MR) is 62.5 cm³/mol. The average molecular weight is 212 g/mol. The van der Waals surface area contributed by atoms with Gasteiger partial charge in [0.05, 0.1) is 5.41 Å². The summed E-state index contributed by atoms with van der Waals surface area (Å²) in [5, 5.41) is 11.5. The average Bonchev–Trinajstić information content (AvgIpc) is 3.09. The van der Waals surface area contributed by atoms with Crippen molar-refractivity contribution in [3.05, 3.63) is 48.0 Å². The highest BCUT2D eigenvalue weighted by Gasteiger charge is 2.51. The Morgan fingerprint density at radius 2 is 1.75 bits per heavy atom. The molecule has 0 spiro atoms. The van der Waals surface area contributed by atoms with Gasteiger partial charge < -0.3 is 5.11 Å². The maximum absolute atomic E-state index is 11.2. The fraction of sp³-hybridized carbons (Fsp3) is 0.214. The fourth-order valence-electron chi connectivity index (χ4n) is 2.24. The summed E-state index contributed by atoms with van der Waals surface area (Å²) in [4.78, 5) is 11.2. The van der Waals surface area contributed by atoms with Gasteiger partial charge in [-0.15, -0.1) is 0 Å². The number of carboxylic acid groups (broad SMARTS) is 1. The van der Waals surface area contributed by atoms with E-state index in [9.17, 15) is 9.90 Å². The Labute approximate surface area is 93.5 Å². The lowest BCUT2D eigenvalue weighted by atomic mass is 9.94. The Kier molecular flexibility index (Phi) is 1.81. The van der Waals surface area contributed by atoms with E-state index in [0.717, 1.165) is 29.2 Å². The first-order valence-corrected chi connectivity index (χ1v) is 5.45. The third kappa shape index (κ3) is 1.23. The molecule has 1 saturated carbocycles. The summed E-state index contributed by atoms with van der Waals surface area (Å²) in [6, 6.07) is 14.0. The van der Waals surface area contributed by atoms with Crippen LogP contribution in [0.5, 0.6) is 0 Å². The van der Waals surface area contributed by atoms with Crippen molar-refractivity contribution < 1.29 is 9.90 Å². The van der Waals surface area contributed by atoms with Crippen LogP contribution in [0.4, 0.5) is 0 Å².